The maximum Gasteiger partial charge on any atom is 0.337 e. The van der Waals surface area contributed by atoms with Crippen LogP contribution in [0.1, 0.15) is 33.2 Å². The summed E-state index contributed by atoms with van der Waals surface area (Å²) in [6, 6.07) is 12.0. The standard InChI is InChI=1S/C18H19NO4/c1-4-23-16-8-6-5-7-14(16)17(20)19-15-11-13(18(21)22-3)10-9-12(15)2/h5-11H,4H2,1-3H3,(H,19,20). The summed E-state index contributed by atoms with van der Waals surface area (Å²) in [6.45, 7) is 4.19. The molecule has 5 nitrogen and oxygen atoms in total. The molecule has 5 heteroatoms. The third-order valence-electron chi connectivity index (χ3n) is 3.34. The van der Waals surface area contributed by atoms with E-state index in [1.807, 2.05) is 19.9 Å². The van der Waals surface area contributed by atoms with Gasteiger partial charge in [0.15, 0.2) is 0 Å². The van der Waals surface area contributed by atoms with Gasteiger partial charge in [0.05, 0.1) is 24.8 Å². The maximum absolute atomic E-state index is 12.5. The Labute approximate surface area is 135 Å². The van der Waals surface area contributed by atoms with E-state index in [-0.39, 0.29) is 5.91 Å². The van der Waals surface area contributed by atoms with E-state index in [0.717, 1.165) is 5.56 Å². The number of ether oxygens (including phenoxy) is 2. The smallest absolute Gasteiger partial charge is 0.337 e. The third-order valence-corrected chi connectivity index (χ3v) is 3.34. The molecule has 0 aliphatic rings. The molecule has 0 atom stereocenters. The van der Waals surface area contributed by atoms with Gasteiger partial charge in [0, 0.05) is 5.69 Å². The van der Waals surface area contributed by atoms with E-state index in [1.165, 1.54) is 7.11 Å². The molecule has 1 amide bonds. The first-order chi connectivity index (χ1) is 11.1. The van der Waals surface area contributed by atoms with Crippen LogP contribution in [0, 0.1) is 6.92 Å². The number of aryl methyl sites for hydroxylation is 1. The zero-order valence-corrected chi connectivity index (χ0v) is 13.4. The van der Waals surface area contributed by atoms with Gasteiger partial charge in [-0.3, -0.25) is 4.79 Å². The first kappa shape index (κ1) is 16.5. The Bertz CT molecular complexity index is 725. The molecule has 2 rings (SSSR count). The molecule has 0 aliphatic carbocycles. The third kappa shape index (κ3) is 3.88. The average Bonchev–Trinajstić information content (AvgIpc) is 2.57. The van der Waals surface area contributed by atoms with E-state index >= 15 is 0 Å². The van der Waals surface area contributed by atoms with E-state index in [1.54, 1.807) is 36.4 Å². The van der Waals surface area contributed by atoms with Crippen LogP contribution in [0.25, 0.3) is 0 Å². The number of amides is 1. The number of benzene rings is 2. The Morgan fingerprint density at radius 3 is 2.57 bits per heavy atom. The number of esters is 1. The molecule has 0 saturated heterocycles. The summed E-state index contributed by atoms with van der Waals surface area (Å²) in [4.78, 5) is 24.1. The van der Waals surface area contributed by atoms with Crippen molar-refractivity contribution >= 4 is 17.6 Å². The van der Waals surface area contributed by atoms with Crippen LogP contribution >= 0.6 is 0 Å². The molecule has 0 unspecified atom stereocenters. The van der Waals surface area contributed by atoms with Crippen molar-refractivity contribution in [2.24, 2.45) is 0 Å². The van der Waals surface area contributed by atoms with Gasteiger partial charge in [-0.2, -0.15) is 0 Å². The minimum Gasteiger partial charge on any atom is -0.493 e. The van der Waals surface area contributed by atoms with Crippen LogP contribution in [-0.2, 0) is 4.74 Å². The quantitative estimate of drug-likeness (QED) is 0.859. The molecule has 0 spiro atoms. The normalized spacial score (nSPS) is 10.0. The fourth-order valence-corrected chi connectivity index (χ4v) is 2.13. The van der Waals surface area contributed by atoms with Gasteiger partial charge >= 0.3 is 5.97 Å². The molecular weight excluding hydrogens is 294 g/mol. The second kappa shape index (κ2) is 7.45. The van der Waals surface area contributed by atoms with Crippen molar-refractivity contribution in [1.82, 2.24) is 0 Å². The SMILES string of the molecule is CCOc1ccccc1C(=O)Nc1cc(C(=O)OC)ccc1C. The van der Waals surface area contributed by atoms with Crippen molar-refractivity contribution in [2.45, 2.75) is 13.8 Å². The number of anilines is 1. The summed E-state index contributed by atoms with van der Waals surface area (Å²) in [5.41, 5.74) is 2.23. The van der Waals surface area contributed by atoms with Gasteiger partial charge < -0.3 is 14.8 Å². The van der Waals surface area contributed by atoms with E-state index in [0.29, 0.717) is 29.2 Å². The molecule has 0 saturated carbocycles. The number of methoxy groups -OCH3 is 1. The minimum atomic E-state index is -0.449. The Morgan fingerprint density at radius 1 is 1.13 bits per heavy atom. The van der Waals surface area contributed by atoms with Crippen LogP contribution in [0.3, 0.4) is 0 Å². The van der Waals surface area contributed by atoms with Crippen molar-refractivity contribution in [3.05, 3.63) is 59.2 Å². The molecule has 0 radical (unpaired) electrons. The second-order valence-electron chi connectivity index (χ2n) is 4.90. The lowest BCUT2D eigenvalue weighted by atomic mass is 10.1. The zero-order chi connectivity index (χ0) is 16.8. The average molecular weight is 313 g/mol. The molecule has 0 aromatic heterocycles. The zero-order valence-electron chi connectivity index (χ0n) is 13.4. The summed E-state index contributed by atoms with van der Waals surface area (Å²) < 4.78 is 10.2. The Balaban J connectivity index is 2.28. The fraction of sp³-hybridized carbons (Fsp3) is 0.222. The van der Waals surface area contributed by atoms with Gasteiger partial charge in [0.2, 0.25) is 0 Å². The summed E-state index contributed by atoms with van der Waals surface area (Å²) >= 11 is 0. The van der Waals surface area contributed by atoms with E-state index < -0.39 is 5.97 Å². The lowest BCUT2D eigenvalue weighted by Gasteiger charge is -2.12. The Kier molecular flexibility index (Phi) is 5.36. The van der Waals surface area contributed by atoms with Gasteiger partial charge in [-0.15, -0.1) is 0 Å². The number of nitrogens with one attached hydrogen (secondary N) is 1. The number of carbonyl (C=O) groups is 2. The lowest BCUT2D eigenvalue weighted by molar-refractivity contribution is 0.0600. The topological polar surface area (TPSA) is 64.6 Å². The molecule has 0 bridgehead atoms. The van der Waals surface area contributed by atoms with Crippen LogP contribution in [-0.4, -0.2) is 25.6 Å². The van der Waals surface area contributed by atoms with Crippen molar-refractivity contribution in [3.8, 4) is 5.75 Å². The van der Waals surface area contributed by atoms with Crippen molar-refractivity contribution in [3.63, 3.8) is 0 Å². The fourth-order valence-electron chi connectivity index (χ4n) is 2.13. The highest BCUT2D eigenvalue weighted by Crippen LogP contribution is 2.22. The lowest BCUT2D eigenvalue weighted by Crippen LogP contribution is -2.15. The molecule has 2 aromatic rings. The molecule has 2 aromatic carbocycles. The van der Waals surface area contributed by atoms with Crippen LogP contribution in [0.5, 0.6) is 5.75 Å². The number of para-hydroxylation sites is 1. The van der Waals surface area contributed by atoms with Gasteiger partial charge in [-0.1, -0.05) is 18.2 Å². The molecular formula is C18H19NO4. The van der Waals surface area contributed by atoms with Crippen LogP contribution in [0.4, 0.5) is 5.69 Å². The predicted molar refractivity (Wildman–Crippen MR) is 88.1 cm³/mol. The number of carbonyl (C=O) groups excluding carboxylic acids is 2. The summed E-state index contributed by atoms with van der Waals surface area (Å²) in [7, 11) is 1.32. The Morgan fingerprint density at radius 2 is 1.87 bits per heavy atom. The molecule has 23 heavy (non-hydrogen) atoms. The van der Waals surface area contributed by atoms with Gasteiger partial charge in [-0.05, 0) is 43.7 Å². The monoisotopic (exact) mass is 313 g/mol. The maximum atomic E-state index is 12.5. The number of hydrogen-bond acceptors (Lipinski definition) is 4. The number of hydrogen-bond donors (Lipinski definition) is 1. The highest BCUT2D eigenvalue weighted by molar-refractivity contribution is 6.07. The number of rotatable bonds is 5. The minimum absolute atomic E-state index is 0.292. The van der Waals surface area contributed by atoms with E-state index in [4.69, 9.17) is 9.47 Å². The van der Waals surface area contributed by atoms with E-state index in [9.17, 15) is 9.59 Å². The highest BCUT2D eigenvalue weighted by Gasteiger charge is 2.14. The molecule has 1 N–H and O–H groups in total. The van der Waals surface area contributed by atoms with Gasteiger partial charge in [0.25, 0.3) is 5.91 Å². The van der Waals surface area contributed by atoms with Crippen LogP contribution in [0.15, 0.2) is 42.5 Å². The summed E-state index contributed by atoms with van der Waals surface area (Å²) in [6.07, 6.45) is 0. The molecule has 0 heterocycles. The van der Waals surface area contributed by atoms with Gasteiger partial charge in [-0.25, -0.2) is 4.79 Å². The van der Waals surface area contributed by atoms with Crippen molar-refractivity contribution < 1.29 is 19.1 Å². The molecule has 120 valence electrons. The predicted octanol–water partition coefficient (Wildman–Crippen LogP) is 3.43. The Hall–Kier alpha value is -2.82. The van der Waals surface area contributed by atoms with Crippen molar-refractivity contribution in [1.29, 1.82) is 0 Å². The summed E-state index contributed by atoms with van der Waals surface area (Å²) in [5, 5.41) is 2.82. The first-order valence-corrected chi connectivity index (χ1v) is 7.29. The second-order valence-corrected chi connectivity index (χ2v) is 4.90. The largest absolute Gasteiger partial charge is 0.493 e. The molecule has 0 aliphatic heterocycles. The van der Waals surface area contributed by atoms with Crippen LogP contribution in [0.2, 0.25) is 0 Å². The van der Waals surface area contributed by atoms with Gasteiger partial charge in [0.1, 0.15) is 5.75 Å². The summed E-state index contributed by atoms with van der Waals surface area (Å²) in [5.74, 6) is -0.219. The van der Waals surface area contributed by atoms with Crippen LogP contribution < -0.4 is 10.1 Å². The molecule has 0 fully saturated rings. The first-order valence-electron chi connectivity index (χ1n) is 7.29. The van der Waals surface area contributed by atoms with Crippen molar-refractivity contribution in [2.75, 3.05) is 19.0 Å². The highest BCUT2D eigenvalue weighted by atomic mass is 16.5. The van der Waals surface area contributed by atoms with E-state index in [2.05, 4.69) is 5.32 Å².